The number of benzene rings is 2. The topological polar surface area (TPSA) is 50.7 Å². The van der Waals surface area contributed by atoms with E-state index in [0.717, 1.165) is 10.0 Å². The van der Waals surface area contributed by atoms with Crippen LogP contribution in [-0.2, 0) is 10.2 Å². The molecule has 6 heteroatoms. The van der Waals surface area contributed by atoms with Crippen LogP contribution in [-0.4, -0.2) is 18.7 Å². The van der Waals surface area contributed by atoms with Crippen molar-refractivity contribution >= 4 is 28.1 Å². The van der Waals surface area contributed by atoms with Crippen LogP contribution in [0, 0.1) is 5.82 Å². The maximum atomic E-state index is 13.0. The van der Waals surface area contributed by atoms with E-state index < -0.39 is 5.91 Å². The Hall–Kier alpha value is -2.21. The van der Waals surface area contributed by atoms with Crippen LogP contribution in [0.1, 0.15) is 31.9 Å². The Labute approximate surface area is 155 Å². The van der Waals surface area contributed by atoms with E-state index in [9.17, 15) is 9.18 Å². The summed E-state index contributed by atoms with van der Waals surface area (Å²) in [5, 5.41) is 3.78. The molecule has 0 saturated carbocycles. The highest BCUT2D eigenvalue weighted by molar-refractivity contribution is 9.10. The summed E-state index contributed by atoms with van der Waals surface area (Å²) >= 11 is 3.46. The third-order valence-electron chi connectivity index (χ3n) is 3.41. The average molecular weight is 407 g/mol. The zero-order valence-corrected chi connectivity index (χ0v) is 15.9. The third-order valence-corrected chi connectivity index (χ3v) is 4.03. The van der Waals surface area contributed by atoms with Gasteiger partial charge in [-0.1, -0.05) is 39.0 Å². The summed E-state index contributed by atoms with van der Waals surface area (Å²) in [6.45, 7) is 6.20. The first kappa shape index (κ1) is 19.1. The van der Waals surface area contributed by atoms with Crippen LogP contribution in [0.15, 0.2) is 52.0 Å². The highest BCUT2D eigenvalue weighted by Crippen LogP contribution is 2.31. The Balaban J connectivity index is 1.88. The number of nitrogens with zero attached hydrogens (tertiary/aromatic N) is 1. The lowest BCUT2D eigenvalue weighted by molar-refractivity contribution is -0.123. The van der Waals surface area contributed by atoms with Crippen molar-refractivity contribution in [3.05, 3.63) is 63.9 Å². The average Bonchev–Trinajstić information content (AvgIpc) is 2.53. The van der Waals surface area contributed by atoms with Gasteiger partial charge in [0.1, 0.15) is 11.6 Å². The molecule has 4 nitrogen and oxygen atoms in total. The van der Waals surface area contributed by atoms with E-state index in [2.05, 4.69) is 47.2 Å². The van der Waals surface area contributed by atoms with E-state index in [1.54, 1.807) is 12.1 Å². The summed E-state index contributed by atoms with van der Waals surface area (Å²) in [7, 11) is 0. The maximum absolute atomic E-state index is 13.0. The van der Waals surface area contributed by atoms with Gasteiger partial charge < -0.3 is 4.74 Å². The van der Waals surface area contributed by atoms with Crippen molar-refractivity contribution in [2.24, 2.45) is 5.10 Å². The number of rotatable bonds is 5. The van der Waals surface area contributed by atoms with E-state index in [1.165, 1.54) is 18.3 Å². The SMILES string of the molecule is CC(C)(C)c1ccc(OCC(=O)N/N=C/c2cccc(F)c2)c(Br)c1. The summed E-state index contributed by atoms with van der Waals surface area (Å²) in [6, 6.07) is 11.7. The van der Waals surface area contributed by atoms with E-state index in [0.29, 0.717) is 11.3 Å². The van der Waals surface area contributed by atoms with Crippen LogP contribution in [0.25, 0.3) is 0 Å². The van der Waals surface area contributed by atoms with Crippen molar-refractivity contribution in [2.45, 2.75) is 26.2 Å². The Morgan fingerprint density at radius 3 is 2.68 bits per heavy atom. The van der Waals surface area contributed by atoms with Gasteiger partial charge in [-0.15, -0.1) is 0 Å². The molecule has 1 N–H and O–H groups in total. The van der Waals surface area contributed by atoms with Crippen LogP contribution in [0.5, 0.6) is 5.75 Å². The molecule has 0 aromatic heterocycles. The molecule has 0 saturated heterocycles. The zero-order chi connectivity index (χ0) is 18.4. The van der Waals surface area contributed by atoms with E-state index >= 15 is 0 Å². The normalized spacial score (nSPS) is 11.6. The molecule has 0 unspecified atom stereocenters. The molecule has 0 aliphatic rings. The Morgan fingerprint density at radius 2 is 2.04 bits per heavy atom. The molecule has 25 heavy (non-hydrogen) atoms. The maximum Gasteiger partial charge on any atom is 0.277 e. The molecule has 2 rings (SSSR count). The molecule has 0 atom stereocenters. The molecule has 0 radical (unpaired) electrons. The van der Waals surface area contributed by atoms with E-state index in [4.69, 9.17) is 4.74 Å². The molecule has 0 aliphatic carbocycles. The smallest absolute Gasteiger partial charge is 0.277 e. The molecule has 132 valence electrons. The van der Waals surface area contributed by atoms with Gasteiger partial charge >= 0.3 is 0 Å². The van der Waals surface area contributed by atoms with Gasteiger partial charge in [-0.3, -0.25) is 4.79 Å². The quantitative estimate of drug-likeness (QED) is 0.590. The fourth-order valence-electron chi connectivity index (χ4n) is 2.03. The van der Waals surface area contributed by atoms with Crippen LogP contribution in [0.4, 0.5) is 4.39 Å². The minimum Gasteiger partial charge on any atom is -0.483 e. The fourth-order valence-corrected chi connectivity index (χ4v) is 2.52. The predicted molar refractivity (Wildman–Crippen MR) is 100 cm³/mol. The van der Waals surface area contributed by atoms with Crippen molar-refractivity contribution in [1.29, 1.82) is 0 Å². The van der Waals surface area contributed by atoms with Crippen molar-refractivity contribution in [1.82, 2.24) is 5.43 Å². The van der Waals surface area contributed by atoms with Gasteiger partial charge in [0.15, 0.2) is 6.61 Å². The fraction of sp³-hybridized carbons (Fsp3) is 0.263. The Kier molecular flexibility index (Phi) is 6.31. The second-order valence-corrected chi connectivity index (χ2v) is 7.39. The van der Waals surface area contributed by atoms with Crippen LogP contribution in [0.2, 0.25) is 0 Å². The minimum atomic E-state index is -0.403. The third kappa shape index (κ3) is 5.98. The molecule has 0 heterocycles. The highest BCUT2D eigenvalue weighted by atomic mass is 79.9. The monoisotopic (exact) mass is 406 g/mol. The molecular formula is C19H20BrFN2O2. The highest BCUT2D eigenvalue weighted by Gasteiger charge is 2.15. The number of halogens is 2. The van der Waals surface area contributed by atoms with Crippen LogP contribution >= 0.6 is 15.9 Å². The van der Waals surface area contributed by atoms with Crippen molar-refractivity contribution in [3.8, 4) is 5.75 Å². The van der Waals surface area contributed by atoms with Gasteiger partial charge in [-0.05, 0) is 56.7 Å². The number of carbonyl (C=O) groups excluding carboxylic acids is 1. The Morgan fingerprint density at radius 1 is 1.28 bits per heavy atom. The van der Waals surface area contributed by atoms with E-state index in [-0.39, 0.29) is 17.8 Å². The van der Waals surface area contributed by atoms with Crippen molar-refractivity contribution in [3.63, 3.8) is 0 Å². The van der Waals surface area contributed by atoms with E-state index in [1.807, 2.05) is 18.2 Å². The second-order valence-electron chi connectivity index (χ2n) is 6.53. The van der Waals surface area contributed by atoms with Gasteiger partial charge in [0, 0.05) is 0 Å². The first-order chi connectivity index (χ1) is 11.8. The zero-order valence-electron chi connectivity index (χ0n) is 14.3. The van der Waals surface area contributed by atoms with Gasteiger partial charge in [0.25, 0.3) is 5.91 Å². The van der Waals surface area contributed by atoms with Crippen LogP contribution in [0.3, 0.4) is 0 Å². The van der Waals surface area contributed by atoms with Gasteiger partial charge in [0.05, 0.1) is 10.7 Å². The largest absolute Gasteiger partial charge is 0.483 e. The molecule has 2 aromatic carbocycles. The number of ether oxygens (including phenoxy) is 1. The number of amides is 1. The standard InChI is InChI=1S/C19H20BrFN2O2/c1-19(2,3)14-7-8-17(16(20)10-14)25-12-18(24)23-22-11-13-5-4-6-15(21)9-13/h4-11H,12H2,1-3H3,(H,23,24)/b22-11+. The minimum absolute atomic E-state index is 0.0318. The number of hydrogen-bond donors (Lipinski definition) is 1. The van der Waals surface area contributed by atoms with Gasteiger partial charge in [-0.25, -0.2) is 9.82 Å². The molecule has 2 aromatic rings. The summed E-state index contributed by atoms with van der Waals surface area (Å²) in [6.07, 6.45) is 1.37. The number of hydrogen-bond acceptors (Lipinski definition) is 3. The number of nitrogens with one attached hydrogen (secondary N) is 1. The first-order valence-corrected chi connectivity index (χ1v) is 8.55. The lowest BCUT2D eigenvalue weighted by Gasteiger charge is -2.20. The van der Waals surface area contributed by atoms with Crippen LogP contribution < -0.4 is 10.2 Å². The molecule has 0 fully saturated rings. The first-order valence-electron chi connectivity index (χ1n) is 7.76. The summed E-state index contributed by atoms with van der Waals surface area (Å²) in [5.74, 6) is -0.182. The molecule has 0 bridgehead atoms. The molecular weight excluding hydrogens is 387 g/mol. The van der Waals surface area contributed by atoms with Gasteiger partial charge in [-0.2, -0.15) is 5.10 Å². The predicted octanol–water partition coefficient (Wildman–Crippen LogP) is 4.41. The summed E-state index contributed by atoms with van der Waals surface area (Å²) in [4.78, 5) is 11.8. The Bertz CT molecular complexity index is 785. The summed E-state index contributed by atoms with van der Waals surface area (Å²) < 4.78 is 19.3. The lowest BCUT2D eigenvalue weighted by Crippen LogP contribution is -2.24. The number of carbonyl (C=O) groups is 1. The number of hydrazone groups is 1. The van der Waals surface area contributed by atoms with Gasteiger partial charge in [0.2, 0.25) is 0 Å². The molecule has 0 spiro atoms. The van der Waals surface area contributed by atoms with Crippen molar-refractivity contribution in [2.75, 3.05) is 6.61 Å². The summed E-state index contributed by atoms with van der Waals surface area (Å²) in [5.41, 5.74) is 4.10. The second kappa shape index (κ2) is 8.25. The van der Waals surface area contributed by atoms with Crippen molar-refractivity contribution < 1.29 is 13.9 Å². The lowest BCUT2D eigenvalue weighted by atomic mass is 9.87. The molecule has 1 amide bonds. The molecule has 0 aliphatic heterocycles.